The Labute approximate surface area is 136 Å². The number of methoxy groups -OCH3 is 2. The van der Waals surface area contributed by atoms with Crippen molar-refractivity contribution in [3.63, 3.8) is 0 Å². The number of hydrogen-bond acceptors (Lipinski definition) is 4. The number of para-hydroxylation sites is 1. The van der Waals surface area contributed by atoms with Gasteiger partial charge in [-0.1, -0.05) is 23.8 Å². The molecule has 2 rings (SSSR count). The molecular weight excluding hydrogens is 294 g/mol. The van der Waals surface area contributed by atoms with Gasteiger partial charge in [0.05, 0.1) is 14.2 Å². The van der Waals surface area contributed by atoms with Crippen LogP contribution in [0.15, 0.2) is 36.4 Å². The molecule has 1 amide bonds. The van der Waals surface area contributed by atoms with E-state index in [1.165, 1.54) is 7.11 Å². The van der Waals surface area contributed by atoms with Gasteiger partial charge in [0, 0.05) is 5.69 Å². The van der Waals surface area contributed by atoms with Gasteiger partial charge in [-0.05, 0) is 37.6 Å². The second-order valence-electron chi connectivity index (χ2n) is 5.15. The van der Waals surface area contributed by atoms with Gasteiger partial charge in [-0.2, -0.15) is 0 Å². The molecule has 0 spiro atoms. The van der Waals surface area contributed by atoms with E-state index >= 15 is 0 Å². The lowest BCUT2D eigenvalue weighted by Crippen LogP contribution is -2.20. The molecule has 0 fully saturated rings. The van der Waals surface area contributed by atoms with Gasteiger partial charge in [0.1, 0.15) is 0 Å². The summed E-state index contributed by atoms with van der Waals surface area (Å²) in [7, 11) is 3.08. The number of benzene rings is 2. The van der Waals surface area contributed by atoms with Crippen LogP contribution in [-0.2, 0) is 4.79 Å². The number of nitrogens with one attached hydrogen (secondary N) is 1. The number of carbonyl (C=O) groups excluding carboxylic acids is 1. The Kier molecular flexibility index (Phi) is 5.46. The number of aryl methyl sites for hydroxylation is 2. The third-order valence-electron chi connectivity index (χ3n) is 3.38. The second kappa shape index (κ2) is 7.54. The standard InChI is InChI=1S/C18H21NO4/c1-12-8-9-14(13(2)10-12)19-17(20)11-23-16-7-5-6-15(21-3)18(16)22-4/h5-10H,11H2,1-4H3,(H,19,20). The molecule has 0 unspecified atom stereocenters. The van der Waals surface area contributed by atoms with E-state index in [2.05, 4.69) is 5.32 Å². The number of ether oxygens (including phenoxy) is 3. The van der Waals surface area contributed by atoms with Gasteiger partial charge in [-0.15, -0.1) is 0 Å². The van der Waals surface area contributed by atoms with Crippen LogP contribution in [0.4, 0.5) is 5.69 Å². The molecule has 0 saturated heterocycles. The first-order chi connectivity index (χ1) is 11.0. The van der Waals surface area contributed by atoms with Gasteiger partial charge in [-0.25, -0.2) is 0 Å². The van der Waals surface area contributed by atoms with E-state index in [1.807, 2.05) is 32.0 Å². The maximum Gasteiger partial charge on any atom is 0.262 e. The van der Waals surface area contributed by atoms with Crippen LogP contribution in [-0.4, -0.2) is 26.7 Å². The molecule has 5 heteroatoms. The Morgan fingerprint density at radius 2 is 1.78 bits per heavy atom. The summed E-state index contributed by atoms with van der Waals surface area (Å²) in [4.78, 5) is 12.1. The SMILES string of the molecule is COc1cccc(OCC(=O)Nc2ccc(C)cc2C)c1OC. The minimum Gasteiger partial charge on any atom is -0.493 e. The molecule has 0 bridgehead atoms. The molecule has 5 nitrogen and oxygen atoms in total. The van der Waals surface area contributed by atoms with E-state index in [4.69, 9.17) is 14.2 Å². The van der Waals surface area contributed by atoms with Crippen LogP contribution in [0.1, 0.15) is 11.1 Å². The zero-order valence-electron chi connectivity index (χ0n) is 13.8. The van der Waals surface area contributed by atoms with Crippen LogP contribution in [0.2, 0.25) is 0 Å². The lowest BCUT2D eigenvalue weighted by molar-refractivity contribution is -0.118. The van der Waals surface area contributed by atoms with Gasteiger partial charge in [0.25, 0.3) is 5.91 Å². The van der Waals surface area contributed by atoms with Crippen molar-refractivity contribution in [2.24, 2.45) is 0 Å². The van der Waals surface area contributed by atoms with E-state index in [0.717, 1.165) is 16.8 Å². The zero-order valence-corrected chi connectivity index (χ0v) is 13.8. The minimum atomic E-state index is -0.234. The average molecular weight is 315 g/mol. The lowest BCUT2D eigenvalue weighted by Gasteiger charge is -2.14. The average Bonchev–Trinajstić information content (AvgIpc) is 2.55. The van der Waals surface area contributed by atoms with Crippen molar-refractivity contribution < 1.29 is 19.0 Å². The van der Waals surface area contributed by atoms with Crippen molar-refractivity contribution in [3.05, 3.63) is 47.5 Å². The molecule has 0 aliphatic carbocycles. The smallest absolute Gasteiger partial charge is 0.262 e. The molecular formula is C18H21NO4. The molecule has 0 atom stereocenters. The van der Waals surface area contributed by atoms with Crippen LogP contribution < -0.4 is 19.5 Å². The van der Waals surface area contributed by atoms with Crippen molar-refractivity contribution >= 4 is 11.6 Å². The summed E-state index contributed by atoms with van der Waals surface area (Å²) in [6.45, 7) is 3.85. The molecule has 0 aliphatic heterocycles. The highest BCUT2D eigenvalue weighted by atomic mass is 16.5. The van der Waals surface area contributed by atoms with Crippen LogP contribution in [0.25, 0.3) is 0 Å². The fraction of sp³-hybridized carbons (Fsp3) is 0.278. The van der Waals surface area contributed by atoms with Gasteiger partial charge >= 0.3 is 0 Å². The molecule has 23 heavy (non-hydrogen) atoms. The van der Waals surface area contributed by atoms with Crippen LogP contribution >= 0.6 is 0 Å². The Morgan fingerprint density at radius 1 is 1.04 bits per heavy atom. The largest absolute Gasteiger partial charge is 0.493 e. The monoisotopic (exact) mass is 315 g/mol. The first kappa shape index (κ1) is 16.7. The van der Waals surface area contributed by atoms with Crippen molar-refractivity contribution in [1.29, 1.82) is 0 Å². The zero-order chi connectivity index (χ0) is 16.8. The quantitative estimate of drug-likeness (QED) is 0.888. The fourth-order valence-corrected chi connectivity index (χ4v) is 2.25. The first-order valence-electron chi connectivity index (χ1n) is 7.26. The van der Waals surface area contributed by atoms with Crippen LogP contribution in [0, 0.1) is 13.8 Å². The van der Waals surface area contributed by atoms with Crippen molar-refractivity contribution in [2.75, 3.05) is 26.1 Å². The lowest BCUT2D eigenvalue weighted by atomic mass is 10.1. The molecule has 0 aliphatic rings. The highest BCUT2D eigenvalue weighted by Gasteiger charge is 2.12. The highest BCUT2D eigenvalue weighted by molar-refractivity contribution is 5.92. The Hall–Kier alpha value is -2.69. The Morgan fingerprint density at radius 3 is 2.43 bits per heavy atom. The number of amides is 1. The van der Waals surface area contributed by atoms with E-state index in [0.29, 0.717) is 17.2 Å². The van der Waals surface area contributed by atoms with Crippen molar-refractivity contribution in [3.8, 4) is 17.2 Å². The van der Waals surface area contributed by atoms with E-state index in [-0.39, 0.29) is 12.5 Å². The van der Waals surface area contributed by atoms with E-state index in [9.17, 15) is 4.79 Å². The Balaban J connectivity index is 2.02. The summed E-state index contributed by atoms with van der Waals surface area (Å²) < 4.78 is 16.0. The predicted molar refractivity (Wildman–Crippen MR) is 89.6 cm³/mol. The topological polar surface area (TPSA) is 56.8 Å². The summed E-state index contributed by atoms with van der Waals surface area (Å²) in [6.07, 6.45) is 0. The molecule has 0 saturated carbocycles. The van der Waals surface area contributed by atoms with Gasteiger partial charge in [0.15, 0.2) is 18.1 Å². The van der Waals surface area contributed by atoms with Gasteiger partial charge < -0.3 is 19.5 Å². The number of rotatable bonds is 6. The highest BCUT2D eigenvalue weighted by Crippen LogP contribution is 2.36. The fourth-order valence-electron chi connectivity index (χ4n) is 2.25. The maximum absolute atomic E-state index is 12.1. The predicted octanol–water partition coefficient (Wildman–Crippen LogP) is 3.34. The van der Waals surface area contributed by atoms with Gasteiger partial charge in [0.2, 0.25) is 5.75 Å². The second-order valence-corrected chi connectivity index (χ2v) is 5.15. The molecule has 2 aromatic carbocycles. The molecule has 0 radical (unpaired) electrons. The summed E-state index contributed by atoms with van der Waals surface area (Å²) in [5.74, 6) is 1.25. The normalized spacial score (nSPS) is 10.1. The summed E-state index contributed by atoms with van der Waals surface area (Å²) in [5, 5.41) is 2.84. The Bertz CT molecular complexity index is 697. The maximum atomic E-state index is 12.1. The van der Waals surface area contributed by atoms with Crippen molar-refractivity contribution in [1.82, 2.24) is 0 Å². The van der Waals surface area contributed by atoms with Crippen LogP contribution in [0.3, 0.4) is 0 Å². The third-order valence-corrected chi connectivity index (χ3v) is 3.38. The molecule has 0 heterocycles. The molecule has 1 N–H and O–H groups in total. The summed E-state index contributed by atoms with van der Waals surface area (Å²) in [6, 6.07) is 11.1. The number of anilines is 1. The van der Waals surface area contributed by atoms with E-state index in [1.54, 1.807) is 25.3 Å². The molecule has 2 aromatic rings. The molecule has 0 aromatic heterocycles. The number of carbonyl (C=O) groups is 1. The van der Waals surface area contributed by atoms with E-state index < -0.39 is 0 Å². The molecule has 122 valence electrons. The third kappa shape index (κ3) is 4.16. The number of hydrogen-bond donors (Lipinski definition) is 1. The summed E-state index contributed by atoms with van der Waals surface area (Å²) in [5.41, 5.74) is 2.94. The minimum absolute atomic E-state index is 0.114. The van der Waals surface area contributed by atoms with Crippen LogP contribution in [0.5, 0.6) is 17.2 Å². The summed E-state index contributed by atoms with van der Waals surface area (Å²) >= 11 is 0. The van der Waals surface area contributed by atoms with Crippen molar-refractivity contribution in [2.45, 2.75) is 13.8 Å². The first-order valence-corrected chi connectivity index (χ1v) is 7.26. The van der Waals surface area contributed by atoms with Gasteiger partial charge in [-0.3, -0.25) is 4.79 Å².